The molecule has 0 heterocycles. The summed E-state index contributed by atoms with van der Waals surface area (Å²) in [5.41, 5.74) is 4.75. The highest BCUT2D eigenvalue weighted by Gasteiger charge is 2.16. The molecule has 184 valence electrons. The van der Waals surface area contributed by atoms with E-state index in [0.717, 1.165) is 53.7 Å². The zero-order valence-electron chi connectivity index (χ0n) is 20.2. The van der Waals surface area contributed by atoms with Crippen molar-refractivity contribution in [3.63, 3.8) is 0 Å². The van der Waals surface area contributed by atoms with Gasteiger partial charge >= 0.3 is 5.97 Å². The first-order valence-corrected chi connectivity index (χ1v) is 12.4. The normalized spacial score (nSPS) is 11.6. The van der Waals surface area contributed by atoms with Crippen molar-refractivity contribution in [2.24, 2.45) is 0 Å². The number of benzene rings is 3. The fraction of sp³-hybridized carbons (Fsp3) is 0.310. The molecule has 3 rings (SSSR count). The van der Waals surface area contributed by atoms with Crippen LogP contribution in [0.1, 0.15) is 66.6 Å². The summed E-state index contributed by atoms with van der Waals surface area (Å²) in [6, 6.07) is 21.3. The van der Waals surface area contributed by atoms with Gasteiger partial charge in [0.15, 0.2) is 0 Å². The van der Waals surface area contributed by atoms with Gasteiger partial charge in [-0.15, -0.1) is 0 Å². The van der Waals surface area contributed by atoms with Crippen molar-refractivity contribution in [3.05, 3.63) is 88.4 Å². The average molecular weight is 494 g/mol. The average Bonchev–Trinajstić information content (AvgIpc) is 2.85. The minimum absolute atomic E-state index is 0.101. The van der Waals surface area contributed by atoms with Crippen molar-refractivity contribution in [3.8, 4) is 16.9 Å². The Labute approximate surface area is 212 Å². The largest absolute Gasteiger partial charge is 0.485 e. The summed E-state index contributed by atoms with van der Waals surface area (Å²) < 4.78 is 6.49. The van der Waals surface area contributed by atoms with Crippen LogP contribution in [-0.2, 0) is 4.79 Å². The number of rotatable bonds is 12. The van der Waals surface area contributed by atoms with Crippen molar-refractivity contribution in [1.29, 1.82) is 0 Å². The summed E-state index contributed by atoms with van der Waals surface area (Å²) in [6.45, 7) is 4.32. The lowest BCUT2D eigenvalue weighted by molar-refractivity contribution is -0.136. The van der Waals surface area contributed by atoms with E-state index < -0.39 is 5.97 Å². The number of unbranched alkanes of at least 4 members (excludes halogenated alkanes) is 2. The summed E-state index contributed by atoms with van der Waals surface area (Å²) in [5.74, 6) is -0.390. The molecule has 0 radical (unpaired) electrons. The van der Waals surface area contributed by atoms with Crippen molar-refractivity contribution < 1.29 is 19.4 Å². The fourth-order valence-corrected chi connectivity index (χ4v) is 3.99. The van der Waals surface area contributed by atoms with E-state index in [1.807, 2.05) is 49.4 Å². The summed E-state index contributed by atoms with van der Waals surface area (Å²) in [4.78, 5) is 22.9. The van der Waals surface area contributed by atoms with Crippen LogP contribution in [0.3, 0.4) is 0 Å². The van der Waals surface area contributed by atoms with E-state index in [1.165, 1.54) is 0 Å². The van der Waals surface area contributed by atoms with Gasteiger partial charge in [-0.1, -0.05) is 61.7 Å². The van der Waals surface area contributed by atoms with E-state index in [2.05, 4.69) is 24.4 Å². The van der Waals surface area contributed by atoms with Crippen LogP contribution in [0.25, 0.3) is 11.1 Å². The molecule has 0 bridgehead atoms. The predicted octanol–water partition coefficient (Wildman–Crippen LogP) is 7.22. The van der Waals surface area contributed by atoms with E-state index >= 15 is 0 Å². The van der Waals surface area contributed by atoms with Gasteiger partial charge in [0.05, 0.1) is 6.42 Å². The van der Waals surface area contributed by atoms with Gasteiger partial charge in [0.25, 0.3) is 5.91 Å². The molecule has 0 aliphatic rings. The first kappa shape index (κ1) is 26.3. The van der Waals surface area contributed by atoms with E-state index in [0.29, 0.717) is 10.6 Å². The highest BCUT2D eigenvalue weighted by atomic mass is 35.5. The molecule has 0 saturated carbocycles. The lowest BCUT2D eigenvalue weighted by atomic mass is 10.0. The molecule has 0 saturated heterocycles. The number of aliphatic carboxylic acids is 1. The predicted molar refractivity (Wildman–Crippen MR) is 140 cm³/mol. The quantitative estimate of drug-likeness (QED) is 0.261. The third-order valence-corrected chi connectivity index (χ3v) is 6.11. The number of amides is 1. The standard InChI is InChI=1S/C29H32ClNO4/c1-3-4-5-6-27(22-7-9-23(10-8-22)29(34)31-18-17-28(32)33)35-26-16-13-24(19-20(26)2)21-11-14-25(30)15-12-21/h7-16,19,27H,3-6,17-18H2,1-2H3,(H,31,34)(H,32,33). The molecule has 0 aliphatic heterocycles. The number of hydrogen-bond acceptors (Lipinski definition) is 3. The Morgan fingerprint density at radius 3 is 2.29 bits per heavy atom. The van der Waals surface area contributed by atoms with Crippen LogP contribution in [0.5, 0.6) is 5.75 Å². The molecule has 35 heavy (non-hydrogen) atoms. The van der Waals surface area contributed by atoms with Crippen LogP contribution < -0.4 is 10.1 Å². The Morgan fingerprint density at radius 2 is 1.66 bits per heavy atom. The Bertz CT molecular complexity index is 1130. The van der Waals surface area contributed by atoms with Gasteiger partial charge in [-0.2, -0.15) is 0 Å². The monoisotopic (exact) mass is 493 g/mol. The van der Waals surface area contributed by atoms with Crippen molar-refractivity contribution >= 4 is 23.5 Å². The number of halogens is 1. The Morgan fingerprint density at radius 1 is 0.971 bits per heavy atom. The maximum absolute atomic E-state index is 12.3. The minimum Gasteiger partial charge on any atom is -0.485 e. The molecule has 5 nitrogen and oxygen atoms in total. The van der Waals surface area contributed by atoms with E-state index in [-0.39, 0.29) is 25.0 Å². The molecule has 0 fully saturated rings. The summed E-state index contributed by atoms with van der Waals surface area (Å²) in [7, 11) is 0. The fourth-order valence-electron chi connectivity index (χ4n) is 3.86. The second-order valence-corrected chi connectivity index (χ2v) is 9.05. The van der Waals surface area contributed by atoms with Gasteiger partial charge in [0, 0.05) is 17.1 Å². The number of carbonyl (C=O) groups is 2. The molecule has 1 amide bonds. The molecular weight excluding hydrogens is 462 g/mol. The lowest BCUT2D eigenvalue weighted by Crippen LogP contribution is -2.26. The van der Waals surface area contributed by atoms with Gasteiger partial charge in [0.1, 0.15) is 11.9 Å². The molecule has 3 aromatic carbocycles. The molecular formula is C29H32ClNO4. The second-order valence-electron chi connectivity index (χ2n) is 8.61. The van der Waals surface area contributed by atoms with Crippen LogP contribution in [0.15, 0.2) is 66.7 Å². The first-order valence-electron chi connectivity index (χ1n) is 12.0. The zero-order valence-corrected chi connectivity index (χ0v) is 21.0. The Hall–Kier alpha value is -3.31. The number of nitrogens with one attached hydrogen (secondary N) is 1. The van der Waals surface area contributed by atoms with Crippen LogP contribution >= 0.6 is 11.6 Å². The van der Waals surface area contributed by atoms with E-state index in [4.69, 9.17) is 21.4 Å². The van der Waals surface area contributed by atoms with Crippen molar-refractivity contribution in [2.75, 3.05) is 6.54 Å². The summed E-state index contributed by atoms with van der Waals surface area (Å²) in [5, 5.41) is 12.1. The number of carboxylic acids is 1. The molecule has 1 atom stereocenters. The van der Waals surface area contributed by atoms with Crippen molar-refractivity contribution in [2.45, 2.75) is 52.1 Å². The molecule has 0 aliphatic carbocycles. The van der Waals surface area contributed by atoms with Gasteiger partial charge in [-0.3, -0.25) is 9.59 Å². The topological polar surface area (TPSA) is 75.6 Å². The van der Waals surface area contributed by atoms with Gasteiger partial charge in [-0.05, 0) is 78.4 Å². The summed E-state index contributed by atoms with van der Waals surface area (Å²) in [6.07, 6.45) is 3.92. The Balaban J connectivity index is 1.74. The Kier molecular flexibility index (Phi) is 9.74. The van der Waals surface area contributed by atoms with Crippen LogP contribution in [0.4, 0.5) is 0 Å². The lowest BCUT2D eigenvalue weighted by Gasteiger charge is -2.22. The molecule has 3 aromatic rings. The number of carbonyl (C=O) groups excluding carboxylic acids is 1. The molecule has 6 heteroatoms. The number of carboxylic acid groups (broad SMARTS) is 1. The zero-order chi connectivity index (χ0) is 25.2. The number of aryl methyl sites for hydroxylation is 1. The molecule has 0 spiro atoms. The van der Waals surface area contributed by atoms with Crippen LogP contribution in [-0.4, -0.2) is 23.5 Å². The maximum Gasteiger partial charge on any atom is 0.305 e. The molecule has 2 N–H and O–H groups in total. The van der Waals surface area contributed by atoms with E-state index in [1.54, 1.807) is 12.1 Å². The van der Waals surface area contributed by atoms with Gasteiger partial charge in [-0.25, -0.2) is 0 Å². The first-order chi connectivity index (χ1) is 16.9. The SMILES string of the molecule is CCCCCC(Oc1ccc(-c2ccc(Cl)cc2)cc1C)c1ccc(C(=O)NCCC(=O)O)cc1. The number of ether oxygens (including phenoxy) is 1. The van der Waals surface area contributed by atoms with Crippen molar-refractivity contribution in [1.82, 2.24) is 5.32 Å². The molecule has 1 unspecified atom stereocenters. The highest BCUT2D eigenvalue weighted by molar-refractivity contribution is 6.30. The van der Waals surface area contributed by atoms with Crippen LogP contribution in [0.2, 0.25) is 5.02 Å². The smallest absolute Gasteiger partial charge is 0.305 e. The molecule has 0 aromatic heterocycles. The maximum atomic E-state index is 12.3. The minimum atomic E-state index is -0.941. The third-order valence-electron chi connectivity index (χ3n) is 5.86. The summed E-state index contributed by atoms with van der Waals surface area (Å²) >= 11 is 6.02. The van der Waals surface area contributed by atoms with E-state index in [9.17, 15) is 9.59 Å². The third kappa shape index (κ3) is 7.86. The number of hydrogen-bond donors (Lipinski definition) is 2. The van der Waals surface area contributed by atoms with Gasteiger partial charge in [0.2, 0.25) is 0 Å². The van der Waals surface area contributed by atoms with Crippen LogP contribution in [0, 0.1) is 6.92 Å². The highest BCUT2D eigenvalue weighted by Crippen LogP contribution is 2.32. The van der Waals surface area contributed by atoms with Gasteiger partial charge < -0.3 is 15.2 Å². The second kappa shape index (κ2) is 13.0.